The molecule has 1 aliphatic heterocycles. The van der Waals surface area contributed by atoms with Crippen molar-refractivity contribution in [3.05, 3.63) is 0 Å². The summed E-state index contributed by atoms with van der Waals surface area (Å²) in [7, 11) is 0. The molecule has 0 atom stereocenters. The predicted molar refractivity (Wildman–Crippen MR) is 84.3 cm³/mol. The molecule has 1 fully saturated rings. The van der Waals surface area contributed by atoms with Gasteiger partial charge in [0.25, 0.3) is 0 Å². The topological polar surface area (TPSA) is 24.9 Å². The quantitative estimate of drug-likeness (QED) is 0.747. The summed E-state index contributed by atoms with van der Waals surface area (Å²) in [6.07, 6.45) is 0. The second-order valence-corrected chi connectivity index (χ2v) is 7.60. The van der Waals surface area contributed by atoms with Gasteiger partial charge in [0.1, 0.15) is 0 Å². The third kappa shape index (κ3) is 8.90. The summed E-state index contributed by atoms with van der Waals surface area (Å²) in [5.74, 6) is 0. The van der Waals surface area contributed by atoms with Gasteiger partial charge in [0.05, 0.1) is 24.4 Å². The zero-order valence-electron chi connectivity index (χ0n) is 14.4. The Morgan fingerprint density at radius 2 is 0.950 bits per heavy atom. The second kappa shape index (κ2) is 7.74. The van der Waals surface area contributed by atoms with Crippen LogP contribution in [0.5, 0.6) is 0 Å². The van der Waals surface area contributed by atoms with E-state index in [9.17, 15) is 0 Å². The van der Waals surface area contributed by atoms with E-state index in [0.717, 1.165) is 52.5 Å². The van der Waals surface area contributed by atoms with Gasteiger partial charge in [-0.25, -0.2) is 0 Å². The first-order valence-corrected chi connectivity index (χ1v) is 7.88. The monoisotopic (exact) mass is 286 g/mol. The van der Waals surface area contributed by atoms with Crippen molar-refractivity contribution in [1.29, 1.82) is 0 Å². The molecule has 4 heteroatoms. The molecule has 0 radical (unpaired) electrons. The molecule has 120 valence electrons. The standard InChI is InChI=1S/C16H34N2O2/c1-15(2,3)19-13-11-17-7-9-18(10-8-17)12-14-20-16(4,5)6/h7-14H2,1-6H3. The highest BCUT2D eigenvalue weighted by molar-refractivity contribution is 4.72. The zero-order valence-corrected chi connectivity index (χ0v) is 14.4. The maximum absolute atomic E-state index is 5.79. The van der Waals surface area contributed by atoms with Crippen molar-refractivity contribution in [2.24, 2.45) is 0 Å². The molecule has 1 aliphatic rings. The summed E-state index contributed by atoms with van der Waals surface area (Å²) < 4.78 is 11.6. The van der Waals surface area contributed by atoms with Crippen molar-refractivity contribution < 1.29 is 9.47 Å². The van der Waals surface area contributed by atoms with Crippen molar-refractivity contribution >= 4 is 0 Å². The van der Waals surface area contributed by atoms with Gasteiger partial charge in [0.15, 0.2) is 0 Å². The summed E-state index contributed by atoms with van der Waals surface area (Å²) in [6.45, 7) is 21.0. The molecule has 0 aromatic carbocycles. The van der Waals surface area contributed by atoms with E-state index in [-0.39, 0.29) is 11.2 Å². The van der Waals surface area contributed by atoms with E-state index in [0.29, 0.717) is 0 Å². The molecule has 0 aromatic heterocycles. The largest absolute Gasteiger partial charge is 0.375 e. The van der Waals surface area contributed by atoms with E-state index in [1.54, 1.807) is 0 Å². The van der Waals surface area contributed by atoms with Crippen LogP contribution in [0.3, 0.4) is 0 Å². The maximum Gasteiger partial charge on any atom is 0.0600 e. The van der Waals surface area contributed by atoms with Crippen LogP contribution < -0.4 is 0 Å². The van der Waals surface area contributed by atoms with Crippen molar-refractivity contribution in [2.75, 3.05) is 52.5 Å². The molecule has 0 aliphatic carbocycles. The van der Waals surface area contributed by atoms with Gasteiger partial charge in [0.2, 0.25) is 0 Å². The Kier molecular flexibility index (Phi) is 6.92. The summed E-state index contributed by atoms with van der Waals surface area (Å²) in [6, 6.07) is 0. The van der Waals surface area contributed by atoms with E-state index < -0.39 is 0 Å². The zero-order chi connectivity index (χ0) is 15.2. The van der Waals surface area contributed by atoms with Crippen molar-refractivity contribution in [3.63, 3.8) is 0 Å². The Morgan fingerprint density at radius 1 is 0.650 bits per heavy atom. The first-order chi connectivity index (χ1) is 9.16. The fraction of sp³-hybridized carbons (Fsp3) is 1.00. The van der Waals surface area contributed by atoms with Crippen molar-refractivity contribution in [1.82, 2.24) is 9.80 Å². The van der Waals surface area contributed by atoms with Gasteiger partial charge < -0.3 is 9.47 Å². The lowest BCUT2D eigenvalue weighted by molar-refractivity contribution is -0.0280. The smallest absolute Gasteiger partial charge is 0.0600 e. The lowest BCUT2D eigenvalue weighted by Gasteiger charge is -2.35. The molecule has 20 heavy (non-hydrogen) atoms. The molecule has 0 N–H and O–H groups in total. The molecule has 4 nitrogen and oxygen atoms in total. The van der Waals surface area contributed by atoms with Crippen molar-refractivity contribution in [2.45, 2.75) is 52.7 Å². The normalized spacial score (nSPS) is 19.5. The Bertz CT molecular complexity index is 233. The van der Waals surface area contributed by atoms with E-state index in [1.807, 2.05) is 0 Å². The van der Waals surface area contributed by atoms with Gasteiger partial charge in [-0.05, 0) is 41.5 Å². The van der Waals surface area contributed by atoms with Crippen LogP contribution in [0.1, 0.15) is 41.5 Å². The SMILES string of the molecule is CC(C)(C)OCCN1CCN(CCOC(C)(C)C)CC1. The van der Waals surface area contributed by atoms with E-state index >= 15 is 0 Å². The second-order valence-electron chi connectivity index (χ2n) is 7.60. The third-order valence-corrected chi connectivity index (χ3v) is 3.35. The third-order valence-electron chi connectivity index (χ3n) is 3.35. The number of ether oxygens (including phenoxy) is 2. The Hall–Kier alpha value is -0.160. The molecule has 0 bridgehead atoms. The summed E-state index contributed by atoms with van der Waals surface area (Å²) >= 11 is 0. The molecule has 0 amide bonds. The molecule has 1 saturated heterocycles. The fourth-order valence-corrected chi connectivity index (χ4v) is 2.20. The van der Waals surface area contributed by atoms with E-state index in [2.05, 4.69) is 51.3 Å². The Balaban J connectivity index is 2.08. The van der Waals surface area contributed by atoms with E-state index in [1.165, 1.54) is 0 Å². The number of hydrogen-bond acceptors (Lipinski definition) is 4. The molecule has 0 aromatic rings. The average molecular weight is 286 g/mol. The van der Waals surface area contributed by atoms with Crippen LogP contribution in [0, 0.1) is 0 Å². The maximum atomic E-state index is 5.79. The van der Waals surface area contributed by atoms with Gasteiger partial charge in [-0.1, -0.05) is 0 Å². The minimum absolute atomic E-state index is 0.0217. The average Bonchev–Trinajstić information content (AvgIpc) is 2.28. The Morgan fingerprint density at radius 3 is 1.20 bits per heavy atom. The summed E-state index contributed by atoms with van der Waals surface area (Å²) in [4.78, 5) is 4.99. The van der Waals surface area contributed by atoms with Gasteiger partial charge in [-0.3, -0.25) is 9.80 Å². The highest BCUT2D eigenvalue weighted by Gasteiger charge is 2.18. The Labute approximate surface area is 125 Å². The van der Waals surface area contributed by atoms with Crippen LogP contribution in [0.25, 0.3) is 0 Å². The number of rotatable bonds is 6. The molecule has 0 spiro atoms. The van der Waals surface area contributed by atoms with E-state index in [4.69, 9.17) is 9.47 Å². The van der Waals surface area contributed by atoms with Crippen LogP contribution >= 0.6 is 0 Å². The molecule has 1 heterocycles. The van der Waals surface area contributed by atoms with Gasteiger partial charge in [-0.2, -0.15) is 0 Å². The molecule has 1 rings (SSSR count). The lowest BCUT2D eigenvalue weighted by Crippen LogP contribution is -2.48. The van der Waals surface area contributed by atoms with Gasteiger partial charge >= 0.3 is 0 Å². The van der Waals surface area contributed by atoms with Crippen LogP contribution in [-0.4, -0.2) is 73.5 Å². The lowest BCUT2D eigenvalue weighted by atomic mass is 10.2. The van der Waals surface area contributed by atoms with Crippen molar-refractivity contribution in [3.8, 4) is 0 Å². The minimum Gasteiger partial charge on any atom is -0.375 e. The summed E-state index contributed by atoms with van der Waals surface area (Å²) in [5, 5.41) is 0. The highest BCUT2D eigenvalue weighted by Crippen LogP contribution is 2.09. The molecular weight excluding hydrogens is 252 g/mol. The number of piperazine rings is 1. The van der Waals surface area contributed by atoms with Crippen LogP contribution in [0.2, 0.25) is 0 Å². The first kappa shape index (κ1) is 17.9. The van der Waals surface area contributed by atoms with Gasteiger partial charge in [0, 0.05) is 39.3 Å². The highest BCUT2D eigenvalue weighted by atomic mass is 16.5. The van der Waals surface area contributed by atoms with Crippen LogP contribution in [0.4, 0.5) is 0 Å². The minimum atomic E-state index is -0.0217. The first-order valence-electron chi connectivity index (χ1n) is 7.88. The molecule has 0 unspecified atom stereocenters. The van der Waals surface area contributed by atoms with Crippen LogP contribution in [-0.2, 0) is 9.47 Å². The predicted octanol–water partition coefficient (Wildman–Crippen LogP) is 2.23. The molecule has 0 saturated carbocycles. The molecular formula is C16H34N2O2. The summed E-state index contributed by atoms with van der Waals surface area (Å²) in [5.41, 5.74) is -0.0434. The van der Waals surface area contributed by atoms with Crippen LogP contribution in [0.15, 0.2) is 0 Å². The fourth-order valence-electron chi connectivity index (χ4n) is 2.20. The van der Waals surface area contributed by atoms with Gasteiger partial charge in [-0.15, -0.1) is 0 Å². The number of nitrogens with zero attached hydrogens (tertiary/aromatic N) is 2. The number of hydrogen-bond donors (Lipinski definition) is 0.